The Bertz CT molecular complexity index is 4670. The average Bonchev–Trinajstić information content (AvgIpc) is 4.03. The largest absolute Gasteiger partial charge is 0.453 e. The number of ether oxygens (including phenoxy) is 1. The highest BCUT2D eigenvalue weighted by Crippen LogP contribution is 2.58. The Morgan fingerprint density at radius 1 is 0.301 bits per heavy atom. The van der Waals surface area contributed by atoms with Crippen molar-refractivity contribution >= 4 is 93.0 Å². The average molecular weight is 932 g/mol. The standard InChI is InChI=1S/C69H45N3O/c1-69(2)59-39-53-50-24-12-10-22-48(50)47-21-9-11-23-49(47)52(53)38-54(59)55-40-68-66(41-60(55)69)72(65-27-15-16-28-67(65)73-68)46-31-34-64-58(37-46)57-36-43(30-33-63(57)71(64)45-19-7-4-8-20-45)42-29-32-62-56(35-42)51-25-13-14-26-61(51)70(62)44-17-5-3-6-18-44/h3-41H,1-2H3. The lowest BCUT2D eigenvalue weighted by atomic mass is 9.81. The molecule has 73 heavy (non-hydrogen) atoms. The van der Waals surface area contributed by atoms with Crippen molar-refractivity contribution in [3.05, 3.63) is 248 Å². The van der Waals surface area contributed by atoms with E-state index in [2.05, 4.69) is 264 Å². The van der Waals surface area contributed by atoms with E-state index in [9.17, 15) is 0 Å². The Balaban J connectivity index is 0.888. The van der Waals surface area contributed by atoms with E-state index in [-0.39, 0.29) is 5.41 Å². The molecule has 0 bridgehead atoms. The first-order chi connectivity index (χ1) is 36.0. The van der Waals surface area contributed by atoms with Crippen LogP contribution in [-0.4, -0.2) is 9.13 Å². The second-order valence-electron chi connectivity index (χ2n) is 20.5. The molecule has 3 heterocycles. The first-order valence-electron chi connectivity index (χ1n) is 25.3. The molecule has 0 atom stereocenters. The summed E-state index contributed by atoms with van der Waals surface area (Å²) in [7, 11) is 0. The monoisotopic (exact) mass is 931 g/mol. The molecule has 0 saturated heterocycles. The topological polar surface area (TPSA) is 22.3 Å². The van der Waals surface area contributed by atoms with Gasteiger partial charge in [-0.1, -0.05) is 141 Å². The molecule has 0 radical (unpaired) electrons. The molecule has 16 rings (SSSR count). The summed E-state index contributed by atoms with van der Waals surface area (Å²) < 4.78 is 11.8. The maximum absolute atomic E-state index is 6.97. The number of hydrogen-bond acceptors (Lipinski definition) is 2. The molecule has 0 N–H and O–H groups in total. The van der Waals surface area contributed by atoms with Crippen LogP contribution in [0.15, 0.2) is 237 Å². The molecular formula is C69H45N3O. The minimum absolute atomic E-state index is 0.272. The van der Waals surface area contributed by atoms with Crippen molar-refractivity contribution in [3.8, 4) is 45.1 Å². The van der Waals surface area contributed by atoms with Crippen LogP contribution in [-0.2, 0) is 5.41 Å². The van der Waals surface area contributed by atoms with Gasteiger partial charge in [-0.3, -0.25) is 0 Å². The minimum Gasteiger partial charge on any atom is -0.453 e. The van der Waals surface area contributed by atoms with Crippen molar-refractivity contribution < 1.29 is 4.74 Å². The van der Waals surface area contributed by atoms with Crippen molar-refractivity contribution in [1.29, 1.82) is 0 Å². The van der Waals surface area contributed by atoms with Crippen LogP contribution in [0.5, 0.6) is 11.5 Å². The number of nitrogens with zero attached hydrogens (tertiary/aromatic N) is 3. The summed E-state index contributed by atoms with van der Waals surface area (Å²) in [6.45, 7) is 4.78. The predicted molar refractivity (Wildman–Crippen MR) is 305 cm³/mol. The van der Waals surface area contributed by atoms with Crippen molar-refractivity contribution in [1.82, 2.24) is 9.13 Å². The lowest BCUT2D eigenvalue weighted by Gasteiger charge is -2.34. The molecule has 0 unspecified atom stereocenters. The van der Waals surface area contributed by atoms with Gasteiger partial charge in [-0.2, -0.15) is 0 Å². The van der Waals surface area contributed by atoms with Gasteiger partial charge in [0.1, 0.15) is 0 Å². The number of hydrogen-bond donors (Lipinski definition) is 0. The van der Waals surface area contributed by atoms with Gasteiger partial charge in [0, 0.05) is 44.0 Å². The van der Waals surface area contributed by atoms with Crippen LogP contribution in [0.25, 0.3) is 110 Å². The molecule has 14 aromatic rings. The Morgan fingerprint density at radius 3 is 1.41 bits per heavy atom. The number of fused-ring (bicyclic) bond motifs is 17. The normalized spacial score (nSPS) is 13.5. The molecule has 342 valence electrons. The van der Waals surface area contributed by atoms with E-state index < -0.39 is 0 Å². The van der Waals surface area contributed by atoms with Gasteiger partial charge in [-0.25, -0.2) is 0 Å². The quantitative estimate of drug-likeness (QED) is 0.164. The fourth-order valence-electron chi connectivity index (χ4n) is 12.8. The van der Waals surface area contributed by atoms with Crippen molar-refractivity contribution in [3.63, 3.8) is 0 Å². The lowest BCUT2D eigenvalue weighted by molar-refractivity contribution is 0.476. The van der Waals surface area contributed by atoms with Gasteiger partial charge < -0.3 is 18.8 Å². The van der Waals surface area contributed by atoms with E-state index in [1.54, 1.807) is 0 Å². The Labute approximate surface area is 421 Å². The van der Waals surface area contributed by atoms with Gasteiger partial charge in [0.2, 0.25) is 0 Å². The van der Waals surface area contributed by atoms with Crippen LogP contribution >= 0.6 is 0 Å². The smallest absolute Gasteiger partial charge is 0.152 e. The minimum atomic E-state index is -0.272. The molecule has 4 nitrogen and oxygen atoms in total. The molecule has 1 aliphatic heterocycles. The van der Waals surface area contributed by atoms with Crippen LogP contribution in [0, 0.1) is 0 Å². The van der Waals surface area contributed by atoms with Crippen LogP contribution in [0.2, 0.25) is 0 Å². The molecule has 2 aliphatic rings. The third kappa shape index (κ3) is 5.66. The molecule has 0 fully saturated rings. The Morgan fingerprint density at radius 2 is 0.767 bits per heavy atom. The molecule has 0 spiro atoms. The summed E-state index contributed by atoms with van der Waals surface area (Å²) in [5, 5.41) is 12.6. The molecule has 2 aromatic heterocycles. The van der Waals surface area contributed by atoms with E-state index >= 15 is 0 Å². The van der Waals surface area contributed by atoms with E-state index in [1.165, 1.54) is 98.3 Å². The highest BCUT2D eigenvalue weighted by atomic mass is 16.5. The molecular weight excluding hydrogens is 887 g/mol. The third-order valence-electron chi connectivity index (χ3n) is 16.2. The summed E-state index contributed by atoms with van der Waals surface area (Å²) in [6, 6.07) is 87.1. The first-order valence-corrected chi connectivity index (χ1v) is 25.3. The molecule has 12 aromatic carbocycles. The van der Waals surface area contributed by atoms with Gasteiger partial charge in [0.15, 0.2) is 11.5 Å². The summed E-state index contributed by atoms with van der Waals surface area (Å²) in [5.74, 6) is 1.68. The van der Waals surface area contributed by atoms with Gasteiger partial charge in [-0.15, -0.1) is 0 Å². The summed E-state index contributed by atoms with van der Waals surface area (Å²) >= 11 is 0. The first kappa shape index (κ1) is 40.4. The van der Waals surface area contributed by atoms with Crippen molar-refractivity contribution in [2.75, 3.05) is 4.90 Å². The fraction of sp³-hybridized carbons (Fsp3) is 0.0435. The number of rotatable bonds is 4. The second kappa shape index (κ2) is 14.8. The van der Waals surface area contributed by atoms with Crippen molar-refractivity contribution in [2.45, 2.75) is 19.3 Å². The van der Waals surface area contributed by atoms with E-state index in [1.807, 2.05) is 0 Å². The van der Waals surface area contributed by atoms with Crippen LogP contribution in [0.4, 0.5) is 17.1 Å². The highest BCUT2D eigenvalue weighted by molar-refractivity contribution is 6.26. The maximum Gasteiger partial charge on any atom is 0.152 e. The van der Waals surface area contributed by atoms with Gasteiger partial charge >= 0.3 is 0 Å². The summed E-state index contributed by atoms with van der Waals surface area (Å²) in [6.07, 6.45) is 0. The lowest BCUT2D eigenvalue weighted by Crippen LogP contribution is -2.19. The Kier molecular flexibility index (Phi) is 8.20. The third-order valence-corrected chi connectivity index (χ3v) is 16.2. The molecule has 4 heteroatoms. The maximum atomic E-state index is 6.97. The van der Waals surface area contributed by atoms with Crippen LogP contribution < -0.4 is 9.64 Å². The van der Waals surface area contributed by atoms with Gasteiger partial charge in [0.25, 0.3) is 0 Å². The summed E-state index contributed by atoms with van der Waals surface area (Å²) in [4.78, 5) is 2.43. The number of benzene rings is 12. The zero-order chi connectivity index (χ0) is 48.1. The van der Waals surface area contributed by atoms with E-state index in [0.717, 1.165) is 51.0 Å². The Hall–Kier alpha value is -9.38. The zero-order valence-corrected chi connectivity index (χ0v) is 40.3. The van der Waals surface area contributed by atoms with Crippen LogP contribution in [0.3, 0.4) is 0 Å². The number of aromatic nitrogens is 2. The molecule has 0 saturated carbocycles. The zero-order valence-electron chi connectivity index (χ0n) is 40.3. The second-order valence-corrected chi connectivity index (χ2v) is 20.5. The fourth-order valence-corrected chi connectivity index (χ4v) is 12.8. The van der Waals surface area contributed by atoms with E-state index in [4.69, 9.17) is 4.74 Å². The van der Waals surface area contributed by atoms with Crippen molar-refractivity contribution in [2.24, 2.45) is 0 Å². The highest BCUT2D eigenvalue weighted by Gasteiger charge is 2.39. The number of anilines is 3. The number of para-hydroxylation sites is 5. The molecule has 1 aliphatic carbocycles. The van der Waals surface area contributed by atoms with Gasteiger partial charge in [0.05, 0.1) is 33.4 Å². The summed E-state index contributed by atoms with van der Waals surface area (Å²) in [5.41, 5.74) is 17.4. The van der Waals surface area contributed by atoms with Crippen LogP contribution in [0.1, 0.15) is 25.0 Å². The van der Waals surface area contributed by atoms with Gasteiger partial charge in [-0.05, 0) is 175 Å². The molecule has 0 amide bonds. The van der Waals surface area contributed by atoms with E-state index in [0.29, 0.717) is 0 Å². The predicted octanol–water partition coefficient (Wildman–Crippen LogP) is 18.9. The SMILES string of the molecule is CC1(C)c2cc3c(cc2-c2cc4c5ccccc5c5ccccc5c4cc21)Oc1ccccc1N3c1ccc2c(c1)c1cc(-c3ccc4c(c3)c3ccccc3n4-c3ccccc3)ccc1n2-c1ccccc1.